The third kappa shape index (κ3) is 6.04. The molecule has 0 saturated heterocycles. The zero-order chi connectivity index (χ0) is 26.5. The predicted molar refractivity (Wildman–Crippen MR) is 151 cm³/mol. The van der Waals surface area contributed by atoms with E-state index in [1.165, 1.54) is 5.56 Å². The van der Waals surface area contributed by atoms with Gasteiger partial charge in [-0.25, -0.2) is 10.4 Å². The van der Waals surface area contributed by atoms with Crippen LogP contribution in [-0.4, -0.2) is 22.5 Å². The number of aromatic nitrogens is 1. The molecular weight excluding hydrogens is 484 g/mol. The molecule has 7 heteroatoms. The Morgan fingerprint density at radius 1 is 1.00 bits per heavy atom. The molecule has 0 aliphatic rings. The number of hydrazone groups is 1. The highest BCUT2D eigenvalue weighted by molar-refractivity contribution is 6.35. The van der Waals surface area contributed by atoms with Crippen LogP contribution in [0.1, 0.15) is 49.2 Å². The summed E-state index contributed by atoms with van der Waals surface area (Å²) in [5, 5.41) is 8.31. The summed E-state index contributed by atoms with van der Waals surface area (Å²) in [6.07, 6.45) is 0.942. The number of anilines is 1. The van der Waals surface area contributed by atoms with Crippen LogP contribution in [0.3, 0.4) is 0 Å². The molecule has 1 heterocycles. The normalized spacial score (nSPS) is 11.6. The Labute approximate surface area is 221 Å². The van der Waals surface area contributed by atoms with Crippen molar-refractivity contribution in [3.8, 4) is 11.3 Å². The number of nitrogens with zero attached hydrogens (tertiary/aromatic N) is 2. The number of nitrogens with one attached hydrogen (secondary N) is 2. The van der Waals surface area contributed by atoms with E-state index >= 15 is 0 Å². The number of fused-ring (bicyclic) bond motifs is 1. The van der Waals surface area contributed by atoms with Gasteiger partial charge in [-0.1, -0.05) is 80.9 Å². The Hall–Kier alpha value is -4.03. The molecule has 4 aromatic rings. The maximum atomic E-state index is 13.3. The Balaban J connectivity index is 1.61. The second-order valence-corrected chi connectivity index (χ2v) is 9.51. The van der Waals surface area contributed by atoms with Crippen molar-refractivity contribution in [2.75, 3.05) is 5.32 Å². The fourth-order valence-corrected chi connectivity index (χ4v) is 4.02. The highest BCUT2D eigenvalue weighted by Gasteiger charge is 2.16. The molecule has 0 aliphatic heterocycles. The van der Waals surface area contributed by atoms with Crippen molar-refractivity contribution in [3.05, 3.63) is 94.5 Å². The van der Waals surface area contributed by atoms with Crippen molar-refractivity contribution in [2.45, 2.75) is 34.1 Å². The van der Waals surface area contributed by atoms with E-state index in [1.54, 1.807) is 18.2 Å². The Bertz CT molecular complexity index is 1480. The number of carbonyl (C=O) groups is 2. The summed E-state index contributed by atoms with van der Waals surface area (Å²) in [5.41, 5.74) is 8.61. The van der Waals surface area contributed by atoms with Crippen LogP contribution in [0.5, 0.6) is 0 Å². The van der Waals surface area contributed by atoms with Gasteiger partial charge in [0.15, 0.2) is 0 Å². The first-order chi connectivity index (χ1) is 17.8. The van der Waals surface area contributed by atoms with Crippen molar-refractivity contribution in [2.24, 2.45) is 11.0 Å². The monoisotopic (exact) mass is 512 g/mol. The molecule has 3 aromatic carbocycles. The number of pyridine rings is 1. The minimum Gasteiger partial charge on any atom is -0.326 e. The third-order valence-corrected chi connectivity index (χ3v) is 6.42. The van der Waals surface area contributed by atoms with Gasteiger partial charge in [-0.05, 0) is 48.7 Å². The van der Waals surface area contributed by atoms with E-state index in [4.69, 9.17) is 16.6 Å². The average molecular weight is 513 g/mol. The van der Waals surface area contributed by atoms with Gasteiger partial charge in [0.05, 0.1) is 27.5 Å². The zero-order valence-electron chi connectivity index (χ0n) is 21.3. The Morgan fingerprint density at radius 2 is 1.70 bits per heavy atom. The molecule has 2 N–H and O–H groups in total. The molecule has 4 rings (SSSR count). The molecule has 0 unspecified atom stereocenters. The maximum absolute atomic E-state index is 13.3. The smallest absolute Gasteiger partial charge is 0.272 e. The molecule has 0 bridgehead atoms. The fraction of sp³-hybridized carbons (Fsp3) is 0.200. The molecule has 0 saturated carbocycles. The Kier molecular flexibility index (Phi) is 7.99. The molecule has 0 spiro atoms. The summed E-state index contributed by atoms with van der Waals surface area (Å²) in [7, 11) is 0. The molecule has 0 fully saturated rings. The maximum Gasteiger partial charge on any atom is 0.272 e. The first-order valence-corrected chi connectivity index (χ1v) is 12.6. The lowest BCUT2D eigenvalue weighted by atomic mass is 10.0. The molecular formula is C30H29ClN4O2. The van der Waals surface area contributed by atoms with E-state index in [2.05, 4.69) is 34.9 Å². The second kappa shape index (κ2) is 11.4. The van der Waals surface area contributed by atoms with Crippen LogP contribution in [0.2, 0.25) is 5.02 Å². The first kappa shape index (κ1) is 26.0. The van der Waals surface area contributed by atoms with Crippen LogP contribution < -0.4 is 10.7 Å². The van der Waals surface area contributed by atoms with Gasteiger partial charge in [-0.3, -0.25) is 9.59 Å². The molecule has 188 valence electrons. The summed E-state index contributed by atoms with van der Waals surface area (Å²) in [5.74, 6) is -0.509. The summed E-state index contributed by atoms with van der Waals surface area (Å²) in [6, 6.07) is 22.6. The lowest BCUT2D eigenvalue weighted by Crippen LogP contribution is -2.20. The van der Waals surface area contributed by atoms with Crippen molar-refractivity contribution in [3.63, 3.8) is 0 Å². The van der Waals surface area contributed by atoms with Crippen LogP contribution in [0.15, 0.2) is 77.9 Å². The summed E-state index contributed by atoms with van der Waals surface area (Å²) < 4.78 is 0. The quantitative estimate of drug-likeness (QED) is 0.209. The second-order valence-electron chi connectivity index (χ2n) is 9.10. The number of benzene rings is 3. The Morgan fingerprint density at radius 3 is 2.35 bits per heavy atom. The van der Waals surface area contributed by atoms with Crippen LogP contribution in [0.25, 0.3) is 22.2 Å². The van der Waals surface area contributed by atoms with E-state index in [-0.39, 0.29) is 17.7 Å². The van der Waals surface area contributed by atoms with E-state index in [9.17, 15) is 9.59 Å². The van der Waals surface area contributed by atoms with Crippen molar-refractivity contribution in [1.82, 2.24) is 10.4 Å². The number of hydrogen-bond acceptors (Lipinski definition) is 4. The van der Waals surface area contributed by atoms with Crippen LogP contribution in [0, 0.1) is 5.92 Å². The van der Waals surface area contributed by atoms with Crippen molar-refractivity contribution < 1.29 is 9.59 Å². The molecule has 0 aliphatic carbocycles. The lowest BCUT2D eigenvalue weighted by molar-refractivity contribution is -0.118. The van der Waals surface area contributed by atoms with Crippen LogP contribution in [0.4, 0.5) is 5.69 Å². The number of halogens is 1. The topological polar surface area (TPSA) is 83.5 Å². The van der Waals surface area contributed by atoms with Gasteiger partial charge in [0.25, 0.3) is 5.91 Å². The van der Waals surface area contributed by atoms with Gasteiger partial charge in [0.1, 0.15) is 0 Å². The number of aryl methyl sites for hydroxylation is 1. The molecule has 0 atom stereocenters. The van der Waals surface area contributed by atoms with Gasteiger partial charge < -0.3 is 5.32 Å². The summed E-state index contributed by atoms with van der Waals surface area (Å²) in [6.45, 7) is 7.60. The summed E-state index contributed by atoms with van der Waals surface area (Å²) >= 11 is 6.46. The predicted octanol–water partition coefficient (Wildman–Crippen LogP) is 6.87. The SMILES string of the molecule is CCc1ccc(-c2cc(C(=O)NN=C(C)c3ccc(NC(=O)C(C)C)cc3)c3cccc(Cl)c3n2)cc1. The highest BCUT2D eigenvalue weighted by Crippen LogP contribution is 2.29. The van der Waals surface area contributed by atoms with E-state index in [0.29, 0.717) is 38.6 Å². The highest BCUT2D eigenvalue weighted by atomic mass is 35.5. The third-order valence-electron chi connectivity index (χ3n) is 6.11. The number of rotatable bonds is 7. The standard InChI is InChI=1S/C30H29ClN4O2/c1-5-20-9-11-22(12-10-20)27-17-25(24-7-6-8-26(31)28(24)33-27)30(37)35-34-19(4)21-13-15-23(16-14-21)32-29(36)18(2)3/h6-18H,5H2,1-4H3,(H,32,36)(H,35,37). The van der Waals surface area contributed by atoms with E-state index < -0.39 is 0 Å². The van der Waals surface area contributed by atoms with Crippen molar-refractivity contribution >= 4 is 45.7 Å². The van der Waals surface area contributed by atoms with Crippen LogP contribution in [-0.2, 0) is 11.2 Å². The van der Waals surface area contributed by atoms with Crippen LogP contribution >= 0.6 is 11.6 Å². The largest absolute Gasteiger partial charge is 0.326 e. The lowest BCUT2D eigenvalue weighted by Gasteiger charge is -2.11. The number of amides is 2. The average Bonchev–Trinajstić information content (AvgIpc) is 2.91. The van der Waals surface area contributed by atoms with Gasteiger partial charge in [-0.15, -0.1) is 0 Å². The molecule has 1 aromatic heterocycles. The number of para-hydroxylation sites is 1. The minimum absolute atomic E-state index is 0.0456. The fourth-order valence-electron chi connectivity index (χ4n) is 3.80. The van der Waals surface area contributed by atoms with Gasteiger partial charge in [0, 0.05) is 22.6 Å². The van der Waals surface area contributed by atoms with E-state index in [1.807, 2.05) is 63.2 Å². The zero-order valence-corrected chi connectivity index (χ0v) is 22.1. The van der Waals surface area contributed by atoms with E-state index in [0.717, 1.165) is 17.5 Å². The minimum atomic E-state index is -0.360. The molecule has 37 heavy (non-hydrogen) atoms. The first-order valence-electron chi connectivity index (χ1n) is 12.2. The molecule has 2 amide bonds. The molecule has 0 radical (unpaired) electrons. The summed E-state index contributed by atoms with van der Waals surface area (Å²) in [4.78, 5) is 29.9. The van der Waals surface area contributed by atoms with Gasteiger partial charge >= 0.3 is 0 Å². The van der Waals surface area contributed by atoms with Gasteiger partial charge in [0.2, 0.25) is 5.91 Å². The van der Waals surface area contributed by atoms with Gasteiger partial charge in [-0.2, -0.15) is 5.10 Å². The molecule has 6 nitrogen and oxygen atoms in total. The van der Waals surface area contributed by atoms with Crippen molar-refractivity contribution in [1.29, 1.82) is 0 Å². The number of carbonyl (C=O) groups excluding carboxylic acids is 2. The number of hydrogen-bond donors (Lipinski definition) is 2.